The van der Waals surface area contributed by atoms with Gasteiger partial charge in [-0.15, -0.1) is 0 Å². The van der Waals surface area contributed by atoms with Crippen molar-refractivity contribution >= 4 is 39.2 Å². The first kappa shape index (κ1) is 14.7. The molecule has 2 heterocycles. The van der Waals surface area contributed by atoms with E-state index in [-0.39, 0.29) is 5.92 Å². The number of rotatable bonds is 1. The summed E-state index contributed by atoms with van der Waals surface area (Å²) in [5.74, 6) is -0.692. The predicted octanol–water partition coefficient (Wildman–Crippen LogP) is 3.66. The van der Waals surface area contributed by atoms with Crippen LogP contribution in [0.15, 0.2) is 34.5 Å². The molecule has 0 saturated carbocycles. The van der Waals surface area contributed by atoms with E-state index < -0.39 is 5.92 Å². The maximum absolute atomic E-state index is 9.54. The minimum Gasteiger partial charge on any atom is -0.271 e. The van der Waals surface area contributed by atoms with Crippen LogP contribution in [0.4, 0.5) is 0 Å². The summed E-state index contributed by atoms with van der Waals surface area (Å²) < 4.78 is 0.948. The summed E-state index contributed by atoms with van der Waals surface area (Å²) in [7, 11) is 0. The number of aliphatic imine (C=N–C) groups is 1. The number of hydrogen-bond donors (Lipinski definition) is 1. The normalized spacial score (nSPS) is 21.4. The van der Waals surface area contributed by atoms with Crippen LogP contribution >= 0.6 is 22.6 Å². The Bertz CT molecular complexity index is 907. The number of halogens is 1. The van der Waals surface area contributed by atoms with Crippen LogP contribution in [0.25, 0.3) is 10.9 Å². The van der Waals surface area contributed by atoms with Crippen molar-refractivity contribution in [3.8, 4) is 12.1 Å². The van der Waals surface area contributed by atoms with Gasteiger partial charge in [-0.1, -0.05) is 6.07 Å². The lowest BCUT2D eigenvalue weighted by Gasteiger charge is -2.26. The van der Waals surface area contributed by atoms with E-state index in [0.29, 0.717) is 11.3 Å². The number of aromatic nitrogens is 2. The van der Waals surface area contributed by atoms with Crippen LogP contribution in [0.3, 0.4) is 0 Å². The maximum Gasteiger partial charge on any atom is 0.104 e. The Balaban J connectivity index is 2.22. The van der Waals surface area contributed by atoms with Crippen LogP contribution in [-0.4, -0.2) is 15.9 Å². The first-order chi connectivity index (χ1) is 10.6. The van der Waals surface area contributed by atoms with Crippen LogP contribution in [0.1, 0.15) is 25.3 Å². The monoisotopic (exact) mass is 401 g/mol. The zero-order valence-electron chi connectivity index (χ0n) is 12.1. The van der Waals surface area contributed by atoms with Gasteiger partial charge in [0.05, 0.1) is 34.8 Å². The molecule has 0 radical (unpaired) electrons. The highest BCUT2D eigenvalue weighted by Gasteiger charge is 2.34. The molecular formula is C16H12IN5. The SMILES string of the molecule is CC1=NC(C)=C(C#N)C(c2ccc3n[nH]c(I)c3c2)C1C#N. The minimum atomic E-state index is -0.416. The number of nitrogens with zero attached hydrogens (tertiary/aromatic N) is 4. The van der Waals surface area contributed by atoms with Gasteiger partial charge in [0.15, 0.2) is 0 Å². The average Bonchev–Trinajstić information content (AvgIpc) is 2.87. The lowest BCUT2D eigenvalue weighted by Crippen LogP contribution is -2.24. The zero-order valence-corrected chi connectivity index (χ0v) is 14.2. The van der Waals surface area contributed by atoms with E-state index in [0.717, 1.165) is 25.9 Å². The van der Waals surface area contributed by atoms with E-state index in [9.17, 15) is 10.5 Å². The van der Waals surface area contributed by atoms with Crippen LogP contribution in [0, 0.1) is 32.3 Å². The topological polar surface area (TPSA) is 88.6 Å². The first-order valence-corrected chi connectivity index (χ1v) is 7.84. The van der Waals surface area contributed by atoms with Crippen molar-refractivity contribution < 1.29 is 0 Å². The van der Waals surface area contributed by atoms with Gasteiger partial charge in [0, 0.05) is 17.0 Å². The molecule has 1 aromatic heterocycles. The lowest BCUT2D eigenvalue weighted by molar-refractivity contribution is 0.704. The van der Waals surface area contributed by atoms with Crippen molar-refractivity contribution in [1.29, 1.82) is 10.5 Å². The second-order valence-corrected chi connectivity index (χ2v) is 6.34. The van der Waals surface area contributed by atoms with E-state index in [1.165, 1.54) is 0 Å². The van der Waals surface area contributed by atoms with E-state index in [1.807, 2.05) is 32.0 Å². The molecular weight excluding hydrogens is 389 g/mol. The smallest absolute Gasteiger partial charge is 0.104 e. The van der Waals surface area contributed by atoms with Gasteiger partial charge in [0.1, 0.15) is 3.70 Å². The van der Waals surface area contributed by atoms with Gasteiger partial charge in [-0.25, -0.2) is 0 Å². The zero-order chi connectivity index (χ0) is 15.9. The quantitative estimate of drug-likeness (QED) is 0.740. The molecule has 0 fully saturated rings. The summed E-state index contributed by atoms with van der Waals surface area (Å²) >= 11 is 2.19. The number of fused-ring (bicyclic) bond motifs is 1. The Hall–Kier alpha value is -2.19. The molecule has 22 heavy (non-hydrogen) atoms. The molecule has 0 amide bonds. The third-order valence-electron chi connectivity index (χ3n) is 3.98. The Morgan fingerprint density at radius 2 is 2.05 bits per heavy atom. The van der Waals surface area contributed by atoms with Crippen LogP contribution < -0.4 is 0 Å². The fourth-order valence-electron chi connectivity index (χ4n) is 2.89. The van der Waals surface area contributed by atoms with Gasteiger partial charge >= 0.3 is 0 Å². The molecule has 6 heteroatoms. The summed E-state index contributed by atoms with van der Waals surface area (Å²) in [6, 6.07) is 10.4. The molecule has 1 aliphatic heterocycles. The molecule has 2 atom stereocenters. The molecule has 5 nitrogen and oxygen atoms in total. The Morgan fingerprint density at radius 1 is 1.27 bits per heavy atom. The number of benzene rings is 1. The van der Waals surface area contributed by atoms with Gasteiger partial charge in [-0.2, -0.15) is 15.6 Å². The molecule has 0 bridgehead atoms. The highest BCUT2D eigenvalue weighted by atomic mass is 127. The molecule has 1 aromatic carbocycles. The number of hydrogen-bond acceptors (Lipinski definition) is 4. The second-order valence-electron chi connectivity index (χ2n) is 5.26. The van der Waals surface area contributed by atoms with Gasteiger partial charge in [0.2, 0.25) is 0 Å². The van der Waals surface area contributed by atoms with Crippen molar-refractivity contribution in [2.45, 2.75) is 19.8 Å². The molecule has 3 rings (SSSR count). The molecule has 0 spiro atoms. The van der Waals surface area contributed by atoms with Crippen molar-refractivity contribution in [2.75, 3.05) is 0 Å². The standard InChI is InChI=1S/C16H12IN5/c1-8-12(6-18)15(13(7-19)9(2)20-8)10-3-4-14-11(5-10)16(17)22-21-14/h3-5,12,15H,1-2H3,(H,21,22). The third kappa shape index (κ3) is 2.20. The van der Waals surface area contributed by atoms with E-state index in [2.05, 4.69) is 49.9 Å². The van der Waals surface area contributed by atoms with Gasteiger partial charge in [-0.3, -0.25) is 10.1 Å². The number of H-pyrrole nitrogens is 1. The molecule has 0 aliphatic carbocycles. The fourth-order valence-corrected chi connectivity index (χ4v) is 3.45. The predicted molar refractivity (Wildman–Crippen MR) is 92.1 cm³/mol. The van der Waals surface area contributed by atoms with E-state index >= 15 is 0 Å². The van der Waals surface area contributed by atoms with Crippen molar-refractivity contribution in [3.05, 3.63) is 38.7 Å². The Kier molecular flexibility index (Phi) is 3.71. The van der Waals surface area contributed by atoms with E-state index in [4.69, 9.17) is 0 Å². The first-order valence-electron chi connectivity index (χ1n) is 6.76. The van der Waals surface area contributed by atoms with Crippen molar-refractivity contribution in [1.82, 2.24) is 10.2 Å². The molecule has 108 valence electrons. The second kappa shape index (κ2) is 5.54. The van der Waals surface area contributed by atoms with Gasteiger partial charge in [0.25, 0.3) is 0 Å². The summed E-state index contributed by atoms with van der Waals surface area (Å²) in [5.41, 5.74) is 3.84. The molecule has 2 unspecified atom stereocenters. The number of aromatic amines is 1. The van der Waals surface area contributed by atoms with E-state index in [1.54, 1.807) is 0 Å². The third-order valence-corrected chi connectivity index (χ3v) is 4.80. The summed E-state index contributed by atoms with van der Waals surface area (Å²) in [6.45, 7) is 3.67. The fraction of sp³-hybridized carbons (Fsp3) is 0.250. The van der Waals surface area contributed by atoms with Crippen LogP contribution in [0.5, 0.6) is 0 Å². The largest absolute Gasteiger partial charge is 0.271 e. The summed E-state index contributed by atoms with van der Waals surface area (Å²) in [4.78, 5) is 4.36. The minimum absolute atomic E-state index is 0.275. The molecule has 2 aromatic rings. The van der Waals surface area contributed by atoms with Gasteiger partial charge < -0.3 is 0 Å². The molecule has 1 aliphatic rings. The highest BCUT2D eigenvalue weighted by Crippen LogP contribution is 2.39. The van der Waals surface area contributed by atoms with Crippen molar-refractivity contribution in [3.63, 3.8) is 0 Å². The summed E-state index contributed by atoms with van der Waals surface area (Å²) in [5, 5.41) is 27.2. The summed E-state index contributed by atoms with van der Waals surface area (Å²) in [6.07, 6.45) is 0. The van der Waals surface area contributed by atoms with Crippen molar-refractivity contribution in [2.24, 2.45) is 10.9 Å². The molecule has 0 saturated heterocycles. The highest BCUT2D eigenvalue weighted by molar-refractivity contribution is 14.1. The number of nitriles is 2. The Labute approximate surface area is 141 Å². The Morgan fingerprint density at radius 3 is 2.73 bits per heavy atom. The number of nitrogens with one attached hydrogen (secondary N) is 1. The van der Waals surface area contributed by atoms with Crippen LogP contribution in [-0.2, 0) is 0 Å². The number of allylic oxidation sites excluding steroid dienone is 2. The lowest BCUT2D eigenvalue weighted by atomic mass is 9.77. The molecule has 1 N–H and O–H groups in total. The van der Waals surface area contributed by atoms with Gasteiger partial charge in [-0.05, 0) is 54.1 Å². The van der Waals surface area contributed by atoms with Crippen LogP contribution in [0.2, 0.25) is 0 Å². The average molecular weight is 401 g/mol. The maximum atomic E-state index is 9.54.